The van der Waals surface area contributed by atoms with Crippen LogP contribution in [-0.2, 0) is 4.74 Å². The van der Waals surface area contributed by atoms with Crippen molar-refractivity contribution in [1.82, 2.24) is 4.98 Å². The summed E-state index contributed by atoms with van der Waals surface area (Å²) >= 11 is 0. The van der Waals surface area contributed by atoms with Crippen molar-refractivity contribution >= 4 is 11.8 Å². The van der Waals surface area contributed by atoms with Crippen LogP contribution >= 0.6 is 0 Å². The minimum Gasteiger partial charge on any atom is -0.481 e. The van der Waals surface area contributed by atoms with E-state index >= 15 is 0 Å². The molecule has 0 bridgehead atoms. The van der Waals surface area contributed by atoms with E-state index in [1.807, 2.05) is 26.8 Å². The molecule has 0 radical (unpaired) electrons. The third-order valence-corrected chi connectivity index (χ3v) is 3.59. The largest absolute Gasteiger partial charge is 0.481 e. The molecule has 0 saturated heterocycles. The van der Waals surface area contributed by atoms with E-state index in [1.54, 1.807) is 18.1 Å². The summed E-state index contributed by atoms with van der Waals surface area (Å²) in [6.07, 6.45) is 0.959. The van der Waals surface area contributed by atoms with Gasteiger partial charge in [-0.25, -0.2) is 9.78 Å². The maximum Gasteiger partial charge on any atom is 0.414 e. The van der Waals surface area contributed by atoms with Gasteiger partial charge in [-0.15, -0.1) is 0 Å². The van der Waals surface area contributed by atoms with Crippen LogP contribution in [0, 0.1) is 0 Å². The Balaban J connectivity index is 2.42. The van der Waals surface area contributed by atoms with Crippen LogP contribution in [0.4, 0.5) is 10.5 Å². The molecule has 6 nitrogen and oxygen atoms in total. The Kier molecular flexibility index (Phi) is 4.67. The number of carbonyl (C=O) groups excluding carboxylic acids is 1. The monoisotopic (exact) mass is 293 g/mol. The minimum atomic E-state index is -0.350. The summed E-state index contributed by atoms with van der Waals surface area (Å²) in [5.74, 6) is 0.497. The van der Waals surface area contributed by atoms with Gasteiger partial charge in [-0.1, -0.05) is 6.92 Å². The number of fused-ring (bicyclic) bond motifs is 1. The zero-order valence-electron chi connectivity index (χ0n) is 13.0. The van der Waals surface area contributed by atoms with Crippen molar-refractivity contribution in [3.63, 3.8) is 0 Å². The summed E-state index contributed by atoms with van der Waals surface area (Å²) in [5.41, 5.74) is 7.60. The second-order valence-electron chi connectivity index (χ2n) is 5.46. The van der Waals surface area contributed by atoms with Gasteiger partial charge in [0.2, 0.25) is 5.88 Å². The van der Waals surface area contributed by atoms with Gasteiger partial charge >= 0.3 is 6.09 Å². The Morgan fingerprint density at radius 3 is 2.81 bits per heavy atom. The molecule has 0 aromatic carbocycles. The first-order valence-corrected chi connectivity index (χ1v) is 7.28. The molecule has 116 valence electrons. The van der Waals surface area contributed by atoms with Crippen molar-refractivity contribution in [2.24, 2.45) is 5.73 Å². The Morgan fingerprint density at radius 1 is 1.52 bits per heavy atom. The SMILES string of the molecule is CC[C@H]1C[C@@H](N)c2nc(OC)ccc2N1C(=O)OC(C)C. The van der Waals surface area contributed by atoms with Crippen LogP contribution in [0.5, 0.6) is 5.88 Å². The first kappa shape index (κ1) is 15.6. The van der Waals surface area contributed by atoms with E-state index in [2.05, 4.69) is 4.98 Å². The Bertz CT molecular complexity index is 519. The maximum absolute atomic E-state index is 12.4. The van der Waals surface area contributed by atoms with E-state index in [1.165, 1.54) is 0 Å². The number of carbonyl (C=O) groups is 1. The van der Waals surface area contributed by atoms with Crippen molar-refractivity contribution in [1.29, 1.82) is 0 Å². The Morgan fingerprint density at radius 2 is 2.24 bits per heavy atom. The molecule has 0 aliphatic carbocycles. The van der Waals surface area contributed by atoms with E-state index < -0.39 is 0 Å². The normalized spacial score (nSPS) is 21.1. The van der Waals surface area contributed by atoms with Crippen molar-refractivity contribution in [3.05, 3.63) is 17.8 Å². The van der Waals surface area contributed by atoms with E-state index in [-0.39, 0.29) is 24.3 Å². The van der Waals surface area contributed by atoms with Gasteiger partial charge in [0.15, 0.2) is 0 Å². The lowest BCUT2D eigenvalue weighted by molar-refractivity contribution is 0.119. The molecule has 2 atom stereocenters. The first-order chi connectivity index (χ1) is 9.97. The highest BCUT2D eigenvalue weighted by atomic mass is 16.6. The summed E-state index contributed by atoms with van der Waals surface area (Å²) in [6.45, 7) is 5.71. The zero-order valence-corrected chi connectivity index (χ0v) is 13.0. The number of nitrogens with two attached hydrogens (primary N) is 1. The minimum absolute atomic E-state index is 0.0222. The highest BCUT2D eigenvalue weighted by Crippen LogP contribution is 2.37. The number of rotatable bonds is 3. The number of amides is 1. The molecule has 2 N–H and O–H groups in total. The van der Waals surface area contributed by atoms with Gasteiger partial charge in [0.05, 0.1) is 30.6 Å². The third-order valence-electron chi connectivity index (χ3n) is 3.59. The number of ether oxygens (including phenoxy) is 2. The standard InChI is InChI=1S/C15H23N3O3/c1-5-10-8-11(16)14-12(6-7-13(17-14)20-4)18(10)15(19)21-9(2)3/h6-7,9-11H,5,8,16H2,1-4H3/t10-,11+/m0/s1. The number of aromatic nitrogens is 1. The molecule has 0 fully saturated rings. The van der Waals surface area contributed by atoms with Gasteiger partial charge in [-0.3, -0.25) is 4.90 Å². The molecule has 21 heavy (non-hydrogen) atoms. The van der Waals surface area contributed by atoms with Crippen LogP contribution in [0.15, 0.2) is 12.1 Å². The van der Waals surface area contributed by atoms with E-state index in [9.17, 15) is 4.79 Å². The molecule has 6 heteroatoms. The van der Waals surface area contributed by atoms with Crippen LogP contribution in [0.1, 0.15) is 45.3 Å². The summed E-state index contributed by atoms with van der Waals surface area (Å²) in [6, 6.07) is 3.38. The second-order valence-corrected chi connectivity index (χ2v) is 5.46. The highest BCUT2D eigenvalue weighted by molar-refractivity contribution is 5.90. The van der Waals surface area contributed by atoms with Gasteiger partial charge in [0.25, 0.3) is 0 Å². The molecule has 1 aromatic rings. The summed E-state index contributed by atoms with van der Waals surface area (Å²) in [7, 11) is 1.56. The smallest absolute Gasteiger partial charge is 0.414 e. The van der Waals surface area contributed by atoms with Crippen molar-refractivity contribution < 1.29 is 14.3 Å². The van der Waals surface area contributed by atoms with Gasteiger partial charge in [0.1, 0.15) is 0 Å². The molecule has 0 spiro atoms. The quantitative estimate of drug-likeness (QED) is 0.927. The Hall–Kier alpha value is -1.82. The van der Waals surface area contributed by atoms with Crippen LogP contribution in [-0.4, -0.2) is 30.3 Å². The summed E-state index contributed by atoms with van der Waals surface area (Å²) in [5, 5.41) is 0. The van der Waals surface area contributed by atoms with Crippen LogP contribution in [0.3, 0.4) is 0 Å². The highest BCUT2D eigenvalue weighted by Gasteiger charge is 2.36. The molecule has 2 rings (SSSR count). The van der Waals surface area contributed by atoms with Gasteiger partial charge < -0.3 is 15.2 Å². The number of anilines is 1. The molecule has 2 heterocycles. The number of hydrogen-bond donors (Lipinski definition) is 1. The average molecular weight is 293 g/mol. The number of pyridine rings is 1. The average Bonchev–Trinajstić information content (AvgIpc) is 2.45. The van der Waals surface area contributed by atoms with E-state index in [4.69, 9.17) is 15.2 Å². The molecule has 0 unspecified atom stereocenters. The zero-order chi connectivity index (χ0) is 15.6. The van der Waals surface area contributed by atoms with Gasteiger partial charge in [-0.2, -0.15) is 0 Å². The third kappa shape index (κ3) is 3.10. The lowest BCUT2D eigenvalue weighted by Gasteiger charge is -2.38. The second kappa shape index (κ2) is 6.30. The molecule has 1 amide bonds. The molecular weight excluding hydrogens is 270 g/mol. The number of hydrogen-bond acceptors (Lipinski definition) is 5. The lowest BCUT2D eigenvalue weighted by atomic mass is 9.94. The molecule has 1 aliphatic heterocycles. The van der Waals surface area contributed by atoms with Crippen molar-refractivity contribution in [3.8, 4) is 5.88 Å². The maximum atomic E-state index is 12.4. The number of methoxy groups -OCH3 is 1. The molecule has 1 aromatic heterocycles. The summed E-state index contributed by atoms with van der Waals surface area (Å²) in [4.78, 5) is 18.5. The predicted octanol–water partition coefficient (Wildman–Crippen LogP) is 2.62. The van der Waals surface area contributed by atoms with Gasteiger partial charge in [0, 0.05) is 12.1 Å². The fourth-order valence-corrected chi connectivity index (χ4v) is 2.60. The summed E-state index contributed by atoms with van der Waals surface area (Å²) < 4.78 is 10.5. The predicted molar refractivity (Wildman–Crippen MR) is 80.5 cm³/mol. The molecular formula is C15H23N3O3. The fraction of sp³-hybridized carbons (Fsp3) is 0.600. The van der Waals surface area contributed by atoms with E-state index in [0.29, 0.717) is 23.7 Å². The van der Waals surface area contributed by atoms with Crippen LogP contribution in [0.25, 0.3) is 0 Å². The van der Waals surface area contributed by atoms with Crippen molar-refractivity contribution in [2.45, 2.75) is 51.8 Å². The lowest BCUT2D eigenvalue weighted by Crippen LogP contribution is -2.47. The van der Waals surface area contributed by atoms with E-state index in [0.717, 1.165) is 6.42 Å². The number of nitrogens with zero attached hydrogens (tertiary/aromatic N) is 2. The fourth-order valence-electron chi connectivity index (χ4n) is 2.60. The van der Waals surface area contributed by atoms with Crippen LogP contribution < -0.4 is 15.4 Å². The molecule has 0 saturated carbocycles. The molecule has 1 aliphatic rings. The first-order valence-electron chi connectivity index (χ1n) is 7.28. The van der Waals surface area contributed by atoms with Gasteiger partial charge in [-0.05, 0) is 32.8 Å². The van der Waals surface area contributed by atoms with Crippen molar-refractivity contribution in [2.75, 3.05) is 12.0 Å². The topological polar surface area (TPSA) is 77.7 Å². The van der Waals surface area contributed by atoms with Crippen LogP contribution in [0.2, 0.25) is 0 Å². The Labute approximate surface area is 125 Å².